The fourth-order valence-corrected chi connectivity index (χ4v) is 10.5. The van der Waals surface area contributed by atoms with Crippen LogP contribution in [0.3, 0.4) is 0 Å². The zero-order valence-electron chi connectivity index (χ0n) is 33.6. The maximum absolute atomic E-state index is 5.31. The number of hydrogen-bond donors (Lipinski definition) is 0. The molecule has 2 aliphatic carbocycles. The van der Waals surface area contributed by atoms with Gasteiger partial charge in [0.1, 0.15) is 0 Å². The smallest absolute Gasteiger partial charge is 0.238 e. The summed E-state index contributed by atoms with van der Waals surface area (Å²) in [5.41, 5.74) is 18.6. The molecule has 0 unspecified atom stereocenters. The van der Waals surface area contributed by atoms with Crippen molar-refractivity contribution in [2.75, 3.05) is 0 Å². The Morgan fingerprint density at radius 2 is 0.774 bits per heavy atom. The minimum atomic E-state index is -0.425. The zero-order chi connectivity index (χ0) is 40.8. The average molecular weight is 789 g/mol. The van der Waals surface area contributed by atoms with Gasteiger partial charge in [-0.2, -0.15) is 9.97 Å². The van der Waals surface area contributed by atoms with Crippen LogP contribution in [-0.2, 0) is 5.41 Å². The van der Waals surface area contributed by atoms with Crippen LogP contribution in [0.5, 0.6) is 0 Å². The molecule has 0 bridgehead atoms. The maximum Gasteiger partial charge on any atom is 0.238 e. The van der Waals surface area contributed by atoms with Crippen molar-refractivity contribution in [2.24, 2.45) is 0 Å². The van der Waals surface area contributed by atoms with E-state index >= 15 is 0 Å². The summed E-state index contributed by atoms with van der Waals surface area (Å²) >= 11 is 0. The van der Waals surface area contributed by atoms with Crippen molar-refractivity contribution >= 4 is 21.8 Å². The first-order valence-electron chi connectivity index (χ1n) is 21.2. The van der Waals surface area contributed by atoms with E-state index in [0.717, 1.165) is 55.2 Å². The van der Waals surface area contributed by atoms with Crippen LogP contribution in [0.25, 0.3) is 95.0 Å². The fraction of sp³-hybridized carbons (Fsp3) is 0.0172. The van der Waals surface area contributed by atoms with Gasteiger partial charge in [-0.3, -0.25) is 4.57 Å². The summed E-state index contributed by atoms with van der Waals surface area (Å²) in [6.07, 6.45) is 0. The van der Waals surface area contributed by atoms with Gasteiger partial charge in [0.2, 0.25) is 5.95 Å². The summed E-state index contributed by atoms with van der Waals surface area (Å²) in [4.78, 5) is 15.7. The highest BCUT2D eigenvalue weighted by atomic mass is 15.2. The average Bonchev–Trinajstić information content (AvgIpc) is 3.96. The largest absolute Gasteiger partial charge is 0.277 e. The number of fused-ring (bicyclic) bond motifs is 13. The molecule has 0 N–H and O–H groups in total. The maximum atomic E-state index is 5.31. The van der Waals surface area contributed by atoms with E-state index in [4.69, 9.17) is 15.0 Å². The Hall–Kier alpha value is -8.21. The molecule has 1 spiro atoms. The van der Waals surface area contributed by atoms with E-state index in [1.807, 2.05) is 36.4 Å². The number of hydrogen-bond acceptors (Lipinski definition) is 3. The predicted molar refractivity (Wildman–Crippen MR) is 252 cm³/mol. The predicted octanol–water partition coefficient (Wildman–Crippen LogP) is 14.0. The normalized spacial score (nSPS) is 13.0. The second kappa shape index (κ2) is 13.4. The summed E-state index contributed by atoms with van der Waals surface area (Å²) in [6.45, 7) is 0. The fourth-order valence-electron chi connectivity index (χ4n) is 10.5. The lowest BCUT2D eigenvalue weighted by Crippen LogP contribution is -2.25. The highest BCUT2D eigenvalue weighted by molar-refractivity contribution is 6.14. The lowest BCUT2D eigenvalue weighted by Gasteiger charge is -2.30. The van der Waals surface area contributed by atoms with Crippen molar-refractivity contribution in [2.45, 2.75) is 5.41 Å². The van der Waals surface area contributed by atoms with Gasteiger partial charge in [0, 0.05) is 27.5 Å². The van der Waals surface area contributed by atoms with Gasteiger partial charge in [-0.1, -0.05) is 206 Å². The SMILES string of the molecule is c1ccc(-c2nc(-c3ccccc3)nc(-n3c4cc(-c5ccc6c(c5)C5(c7ccccc7-c7ccccc75)c5ccccc5-6)ccc4c4cccc(-c5ccccc5)c43)n2)cc1. The van der Waals surface area contributed by atoms with Crippen molar-refractivity contribution in [3.63, 3.8) is 0 Å². The van der Waals surface area contributed by atoms with Gasteiger partial charge < -0.3 is 0 Å². The Morgan fingerprint density at radius 1 is 0.306 bits per heavy atom. The molecule has 9 aromatic carbocycles. The van der Waals surface area contributed by atoms with E-state index in [1.54, 1.807) is 0 Å². The lowest BCUT2D eigenvalue weighted by molar-refractivity contribution is 0.794. The third kappa shape index (κ3) is 4.92. The number of rotatable bonds is 5. The Bertz CT molecular complexity index is 3450. The quantitative estimate of drug-likeness (QED) is 0.174. The van der Waals surface area contributed by atoms with Crippen LogP contribution in [0.2, 0.25) is 0 Å². The highest BCUT2D eigenvalue weighted by Crippen LogP contribution is 2.63. The standard InChI is InChI=1S/C58H36N4/c1-4-17-37(18-5-1)42-26-16-27-48-47-34-32-41(36-53(47)62(54(42)48)57-60-55(38-19-6-2-7-20-38)59-56(61-57)39-21-8-3-9-22-39)40-31-33-46-45-25-12-15-30-51(45)58(52(46)35-40)49-28-13-10-23-43(49)44-24-11-14-29-50(44)58/h1-36H. The van der Waals surface area contributed by atoms with E-state index in [-0.39, 0.29) is 0 Å². The highest BCUT2D eigenvalue weighted by Gasteiger charge is 2.51. The molecule has 2 heterocycles. The van der Waals surface area contributed by atoms with E-state index in [2.05, 4.69) is 187 Å². The molecule has 0 amide bonds. The molecule has 13 rings (SSSR count). The Balaban J connectivity index is 1.09. The first-order valence-corrected chi connectivity index (χ1v) is 21.2. The van der Waals surface area contributed by atoms with Crippen LogP contribution < -0.4 is 0 Å². The Labute approximate surface area is 359 Å². The third-order valence-corrected chi connectivity index (χ3v) is 13.1. The van der Waals surface area contributed by atoms with Crippen molar-refractivity contribution in [1.82, 2.24) is 19.5 Å². The molecule has 4 nitrogen and oxygen atoms in total. The second-order valence-electron chi connectivity index (χ2n) is 16.3. The molecule has 0 radical (unpaired) electrons. The van der Waals surface area contributed by atoms with Gasteiger partial charge in [-0.05, 0) is 73.3 Å². The molecule has 0 saturated heterocycles. The van der Waals surface area contributed by atoms with Crippen LogP contribution in [0.1, 0.15) is 22.3 Å². The molecule has 2 aromatic heterocycles. The van der Waals surface area contributed by atoms with Gasteiger partial charge >= 0.3 is 0 Å². The van der Waals surface area contributed by atoms with Gasteiger partial charge in [0.25, 0.3) is 0 Å². The van der Waals surface area contributed by atoms with Crippen molar-refractivity contribution < 1.29 is 0 Å². The monoisotopic (exact) mass is 788 g/mol. The van der Waals surface area contributed by atoms with Crippen molar-refractivity contribution in [1.29, 1.82) is 0 Å². The van der Waals surface area contributed by atoms with E-state index in [1.165, 1.54) is 44.5 Å². The number of para-hydroxylation sites is 1. The number of aromatic nitrogens is 4. The molecule has 0 atom stereocenters. The lowest BCUT2D eigenvalue weighted by atomic mass is 9.70. The summed E-state index contributed by atoms with van der Waals surface area (Å²) in [5, 5.41) is 2.27. The molecule has 0 saturated carbocycles. The molecule has 0 aliphatic heterocycles. The molecule has 4 heteroatoms. The number of benzene rings is 9. The molecular weight excluding hydrogens is 753 g/mol. The summed E-state index contributed by atoms with van der Waals surface area (Å²) in [5.74, 6) is 1.82. The topological polar surface area (TPSA) is 43.6 Å². The minimum Gasteiger partial charge on any atom is -0.277 e. The van der Waals surface area contributed by atoms with Gasteiger partial charge in [0.05, 0.1) is 16.4 Å². The first-order chi connectivity index (χ1) is 30.8. The van der Waals surface area contributed by atoms with E-state index < -0.39 is 5.41 Å². The van der Waals surface area contributed by atoms with Crippen molar-refractivity contribution in [3.8, 4) is 73.2 Å². The minimum absolute atomic E-state index is 0.425. The van der Waals surface area contributed by atoms with E-state index in [0.29, 0.717) is 17.6 Å². The summed E-state index contributed by atoms with van der Waals surface area (Å²) in [6, 6.07) is 78.6. The first kappa shape index (κ1) is 34.6. The van der Waals surface area contributed by atoms with Crippen molar-refractivity contribution in [3.05, 3.63) is 241 Å². The van der Waals surface area contributed by atoms with E-state index in [9.17, 15) is 0 Å². The van der Waals surface area contributed by atoms with Crippen LogP contribution in [-0.4, -0.2) is 19.5 Å². The van der Waals surface area contributed by atoms with Crippen LogP contribution in [0.15, 0.2) is 218 Å². The Kier molecular flexibility index (Phi) is 7.49. The molecule has 288 valence electrons. The Morgan fingerprint density at radius 3 is 1.35 bits per heavy atom. The molecule has 2 aliphatic rings. The molecule has 62 heavy (non-hydrogen) atoms. The molecule has 0 fully saturated rings. The summed E-state index contributed by atoms with van der Waals surface area (Å²) in [7, 11) is 0. The van der Waals surface area contributed by atoms with Crippen LogP contribution in [0.4, 0.5) is 0 Å². The van der Waals surface area contributed by atoms with Gasteiger partial charge in [-0.25, -0.2) is 4.98 Å². The summed E-state index contributed by atoms with van der Waals surface area (Å²) < 4.78 is 2.27. The zero-order valence-corrected chi connectivity index (χ0v) is 33.6. The van der Waals surface area contributed by atoms with Gasteiger partial charge in [0.15, 0.2) is 11.6 Å². The third-order valence-electron chi connectivity index (χ3n) is 13.1. The van der Waals surface area contributed by atoms with Crippen LogP contribution >= 0.6 is 0 Å². The number of nitrogens with zero attached hydrogens (tertiary/aromatic N) is 4. The molecule has 11 aromatic rings. The molecular formula is C58H36N4. The van der Waals surface area contributed by atoms with Crippen LogP contribution in [0, 0.1) is 0 Å². The second-order valence-corrected chi connectivity index (χ2v) is 16.3. The van der Waals surface area contributed by atoms with Gasteiger partial charge in [-0.15, -0.1) is 0 Å².